The van der Waals surface area contributed by atoms with Gasteiger partial charge >= 0.3 is 0 Å². The number of piperidine rings is 1. The van der Waals surface area contributed by atoms with Crippen molar-refractivity contribution in [1.29, 1.82) is 0 Å². The van der Waals surface area contributed by atoms with Gasteiger partial charge < -0.3 is 20.9 Å². The van der Waals surface area contributed by atoms with E-state index in [-0.39, 0.29) is 29.9 Å². The van der Waals surface area contributed by atoms with Crippen LogP contribution in [0.1, 0.15) is 59.3 Å². The summed E-state index contributed by atoms with van der Waals surface area (Å²) in [6.07, 6.45) is 5.99. The molecule has 1 amide bonds. The Morgan fingerprint density at radius 2 is 1.76 bits per heavy atom. The van der Waals surface area contributed by atoms with Gasteiger partial charge in [0.05, 0.1) is 0 Å². The van der Waals surface area contributed by atoms with Crippen molar-refractivity contribution in [3.05, 3.63) is 0 Å². The lowest BCUT2D eigenvalue weighted by atomic mass is 10.0. The third-order valence-corrected chi connectivity index (χ3v) is 4.72. The monoisotopic (exact) mass is 465 g/mol. The average Bonchev–Trinajstić information content (AvgIpc) is 3.36. The number of amides is 1. The first kappa shape index (κ1) is 22.5. The van der Waals surface area contributed by atoms with Crippen LogP contribution >= 0.6 is 24.0 Å². The number of halogens is 1. The second-order valence-corrected chi connectivity index (χ2v) is 7.25. The van der Waals surface area contributed by atoms with Crippen molar-refractivity contribution >= 4 is 35.8 Å². The number of hydrogen-bond donors (Lipinski definition) is 3. The fourth-order valence-corrected chi connectivity index (χ4v) is 3.03. The molecule has 25 heavy (non-hydrogen) atoms. The molecule has 1 aliphatic heterocycles. The molecule has 1 saturated carbocycles. The number of likely N-dealkylation sites (tertiary alicyclic amines) is 1. The largest absolute Gasteiger partial charge is 0.357 e. The van der Waals surface area contributed by atoms with Crippen molar-refractivity contribution in [2.45, 2.75) is 77.4 Å². The maximum atomic E-state index is 11.7. The first-order valence-electron chi connectivity index (χ1n) is 9.66. The molecule has 2 fully saturated rings. The van der Waals surface area contributed by atoms with Gasteiger partial charge in [0.1, 0.15) is 0 Å². The summed E-state index contributed by atoms with van der Waals surface area (Å²) in [5, 5.41) is 9.90. The van der Waals surface area contributed by atoms with E-state index in [4.69, 9.17) is 0 Å². The number of hydrogen-bond acceptors (Lipinski definition) is 3. The van der Waals surface area contributed by atoms with Crippen LogP contribution in [0.4, 0.5) is 0 Å². The number of aliphatic imine (C=N–C) groups is 1. The highest BCUT2D eigenvalue weighted by Gasteiger charge is 2.23. The normalized spacial score (nSPS) is 19.4. The minimum atomic E-state index is 0. The molecule has 2 rings (SSSR count). The average molecular weight is 465 g/mol. The third kappa shape index (κ3) is 9.08. The van der Waals surface area contributed by atoms with Gasteiger partial charge in [-0.15, -0.1) is 24.0 Å². The molecule has 0 unspecified atom stereocenters. The summed E-state index contributed by atoms with van der Waals surface area (Å²) in [6, 6.07) is 1.59. The van der Waals surface area contributed by atoms with E-state index in [2.05, 4.69) is 46.6 Å². The number of rotatable bonds is 8. The van der Waals surface area contributed by atoms with Crippen molar-refractivity contribution in [3.63, 3.8) is 0 Å². The molecule has 1 heterocycles. The molecule has 2 aliphatic rings. The molecule has 6 nitrogen and oxygen atoms in total. The zero-order chi connectivity index (χ0) is 17.4. The van der Waals surface area contributed by atoms with Crippen molar-refractivity contribution < 1.29 is 4.79 Å². The highest BCUT2D eigenvalue weighted by atomic mass is 127. The molecule has 0 aromatic heterocycles. The summed E-state index contributed by atoms with van der Waals surface area (Å²) in [5.74, 6) is 1.06. The molecule has 146 valence electrons. The molecule has 1 aliphatic carbocycles. The Labute approximate surface area is 170 Å². The van der Waals surface area contributed by atoms with Gasteiger partial charge in [-0.25, -0.2) is 0 Å². The van der Waals surface area contributed by atoms with Gasteiger partial charge in [-0.1, -0.05) is 0 Å². The molecular formula is C18H36IN5O. The van der Waals surface area contributed by atoms with E-state index in [1.165, 1.54) is 0 Å². The standard InChI is InChI=1S/C18H35N5O.HI/c1-4-19-18(20-11-5-6-17(24)21-15-7-8-15)22-16-9-12-23(13-10-16)14(2)3;/h14-16H,4-13H2,1-3H3,(H,21,24)(H2,19,20,22);1H. The minimum Gasteiger partial charge on any atom is -0.357 e. The fraction of sp³-hybridized carbons (Fsp3) is 0.889. The molecule has 1 saturated heterocycles. The lowest BCUT2D eigenvalue weighted by molar-refractivity contribution is -0.121. The maximum Gasteiger partial charge on any atom is 0.220 e. The molecule has 0 aromatic carbocycles. The maximum absolute atomic E-state index is 11.7. The van der Waals surface area contributed by atoms with Crippen LogP contribution in [-0.2, 0) is 4.79 Å². The Morgan fingerprint density at radius 1 is 1.12 bits per heavy atom. The summed E-state index contributed by atoms with van der Waals surface area (Å²) in [4.78, 5) is 18.8. The van der Waals surface area contributed by atoms with Gasteiger partial charge in [0, 0.05) is 50.7 Å². The Balaban J connectivity index is 0.00000312. The zero-order valence-corrected chi connectivity index (χ0v) is 18.3. The molecule has 7 heteroatoms. The van der Waals surface area contributed by atoms with Gasteiger partial charge in [0.25, 0.3) is 0 Å². The van der Waals surface area contributed by atoms with Crippen LogP contribution in [0.2, 0.25) is 0 Å². The van der Waals surface area contributed by atoms with E-state index < -0.39 is 0 Å². The predicted octanol–water partition coefficient (Wildman–Crippen LogP) is 2.09. The SMILES string of the molecule is CCNC(=NCCCC(=O)NC1CC1)NC1CCN(C(C)C)CC1.I. The number of carbonyl (C=O) groups excluding carboxylic acids is 1. The topological polar surface area (TPSA) is 68.8 Å². The lowest BCUT2D eigenvalue weighted by Crippen LogP contribution is -2.49. The van der Waals surface area contributed by atoms with E-state index >= 15 is 0 Å². The first-order chi connectivity index (χ1) is 11.6. The first-order valence-corrected chi connectivity index (χ1v) is 9.66. The summed E-state index contributed by atoms with van der Waals surface area (Å²) in [7, 11) is 0. The number of carbonyl (C=O) groups is 1. The fourth-order valence-electron chi connectivity index (χ4n) is 3.03. The number of guanidine groups is 1. The van der Waals surface area contributed by atoms with Crippen LogP contribution in [0.3, 0.4) is 0 Å². The van der Waals surface area contributed by atoms with E-state index in [0.717, 1.165) is 57.7 Å². The van der Waals surface area contributed by atoms with Crippen LogP contribution in [0.15, 0.2) is 4.99 Å². The summed E-state index contributed by atoms with van der Waals surface area (Å²) in [6.45, 7) is 10.5. The Bertz CT molecular complexity index is 418. The third-order valence-electron chi connectivity index (χ3n) is 4.72. The summed E-state index contributed by atoms with van der Waals surface area (Å²) < 4.78 is 0. The zero-order valence-electron chi connectivity index (χ0n) is 16.0. The lowest BCUT2D eigenvalue weighted by Gasteiger charge is -2.35. The smallest absolute Gasteiger partial charge is 0.220 e. The van der Waals surface area contributed by atoms with Crippen molar-refractivity contribution in [3.8, 4) is 0 Å². The quantitative estimate of drug-likeness (QED) is 0.222. The van der Waals surface area contributed by atoms with Crippen LogP contribution in [0.25, 0.3) is 0 Å². The van der Waals surface area contributed by atoms with Gasteiger partial charge in [0.15, 0.2) is 5.96 Å². The second kappa shape index (κ2) is 11.9. The second-order valence-electron chi connectivity index (χ2n) is 7.25. The molecule has 0 radical (unpaired) electrons. The highest BCUT2D eigenvalue weighted by molar-refractivity contribution is 14.0. The Kier molecular flexibility index (Phi) is 10.7. The predicted molar refractivity (Wildman–Crippen MR) is 115 cm³/mol. The number of nitrogens with zero attached hydrogens (tertiary/aromatic N) is 2. The van der Waals surface area contributed by atoms with Gasteiger partial charge in [-0.2, -0.15) is 0 Å². The molecule has 0 aromatic rings. The van der Waals surface area contributed by atoms with Gasteiger partial charge in [-0.05, 0) is 52.9 Å². The van der Waals surface area contributed by atoms with E-state index in [0.29, 0.717) is 31.1 Å². The Morgan fingerprint density at radius 3 is 2.32 bits per heavy atom. The molecular weight excluding hydrogens is 429 g/mol. The van der Waals surface area contributed by atoms with E-state index in [1.807, 2.05) is 0 Å². The van der Waals surface area contributed by atoms with Gasteiger partial charge in [-0.3, -0.25) is 9.79 Å². The summed E-state index contributed by atoms with van der Waals surface area (Å²) in [5.41, 5.74) is 0. The van der Waals surface area contributed by atoms with Crippen molar-refractivity contribution in [2.24, 2.45) is 4.99 Å². The van der Waals surface area contributed by atoms with Crippen molar-refractivity contribution in [1.82, 2.24) is 20.9 Å². The van der Waals surface area contributed by atoms with Crippen LogP contribution in [0.5, 0.6) is 0 Å². The van der Waals surface area contributed by atoms with Crippen molar-refractivity contribution in [2.75, 3.05) is 26.2 Å². The van der Waals surface area contributed by atoms with Crippen LogP contribution in [0, 0.1) is 0 Å². The van der Waals surface area contributed by atoms with Crippen LogP contribution < -0.4 is 16.0 Å². The molecule has 0 atom stereocenters. The van der Waals surface area contributed by atoms with Crippen LogP contribution in [-0.4, -0.2) is 61.1 Å². The minimum absolute atomic E-state index is 0. The molecule has 3 N–H and O–H groups in total. The Hall–Kier alpha value is -0.570. The van der Waals surface area contributed by atoms with Gasteiger partial charge in [0.2, 0.25) is 5.91 Å². The number of nitrogens with one attached hydrogen (secondary N) is 3. The molecule has 0 spiro atoms. The summed E-state index contributed by atoms with van der Waals surface area (Å²) >= 11 is 0. The molecule has 0 bridgehead atoms. The highest BCUT2D eigenvalue weighted by Crippen LogP contribution is 2.18. The van der Waals surface area contributed by atoms with E-state index in [9.17, 15) is 4.79 Å². The van der Waals surface area contributed by atoms with E-state index in [1.54, 1.807) is 0 Å².